The Labute approximate surface area is 128 Å². The van der Waals surface area contributed by atoms with E-state index in [1.807, 2.05) is 0 Å². The van der Waals surface area contributed by atoms with Crippen molar-refractivity contribution in [2.45, 2.75) is 51.5 Å². The van der Waals surface area contributed by atoms with E-state index in [4.69, 9.17) is 0 Å². The third-order valence-corrected chi connectivity index (χ3v) is 4.74. The second-order valence-corrected chi connectivity index (χ2v) is 6.39. The largest absolute Gasteiger partial charge is 0.349 e. The molecule has 0 heterocycles. The van der Waals surface area contributed by atoms with E-state index >= 15 is 0 Å². The number of hydrogen-bond acceptors (Lipinski definition) is 1. The number of benzene rings is 1. The quantitative estimate of drug-likeness (QED) is 0.827. The van der Waals surface area contributed by atoms with Gasteiger partial charge in [-0.2, -0.15) is 0 Å². The van der Waals surface area contributed by atoms with Crippen molar-refractivity contribution in [3.8, 4) is 0 Å². The maximum atomic E-state index is 13.1. The smallest absolute Gasteiger partial charge is 0.252 e. The first-order valence-corrected chi connectivity index (χ1v) is 8.17. The Kier molecular flexibility index (Phi) is 5.58. The normalized spacial score (nSPS) is 21.9. The first-order chi connectivity index (χ1) is 9.61. The van der Waals surface area contributed by atoms with E-state index in [0.29, 0.717) is 16.0 Å². The van der Waals surface area contributed by atoms with Crippen LogP contribution >= 0.6 is 15.9 Å². The molecule has 1 saturated carbocycles. The van der Waals surface area contributed by atoms with Gasteiger partial charge in [0.15, 0.2) is 0 Å². The first kappa shape index (κ1) is 15.5. The van der Waals surface area contributed by atoms with Crippen molar-refractivity contribution >= 4 is 21.8 Å². The van der Waals surface area contributed by atoms with Crippen LogP contribution in [0.4, 0.5) is 4.39 Å². The molecule has 110 valence electrons. The summed E-state index contributed by atoms with van der Waals surface area (Å²) in [5.41, 5.74) is 0.507. The Morgan fingerprint density at radius 2 is 2.25 bits per heavy atom. The van der Waals surface area contributed by atoms with Gasteiger partial charge in [-0.25, -0.2) is 4.39 Å². The number of amides is 1. The van der Waals surface area contributed by atoms with E-state index in [-0.39, 0.29) is 17.8 Å². The fourth-order valence-corrected chi connectivity index (χ4v) is 3.49. The van der Waals surface area contributed by atoms with Gasteiger partial charge >= 0.3 is 0 Å². The predicted molar refractivity (Wildman–Crippen MR) is 82.2 cm³/mol. The van der Waals surface area contributed by atoms with Crippen LogP contribution in [-0.2, 0) is 0 Å². The Morgan fingerprint density at radius 1 is 1.45 bits per heavy atom. The minimum atomic E-state index is -0.338. The molecule has 2 atom stereocenters. The van der Waals surface area contributed by atoms with Crippen LogP contribution in [0.2, 0.25) is 0 Å². The SMILES string of the molecule is CCCCC1CCCC1NC(=O)c1ccc(F)cc1Br. The molecule has 0 aliphatic heterocycles. The number of carbonyl (C=O) groups is 1. The molecule has 0 radical (unpaired) electrons. The topological polar surface area (TPSA) is 29.1 Å². The van der Waals surface area contributed by atoms with Crippen molar-refractivity contribution in [1.82, 2.24) is 5.32 Å². The maximum absolute atomic E-state index is 13.1. The summed E-state index contributed by atoms with van der Waals surface area (Å²) in [6.45, 7) is 2.19. The minimum absolute atomic E-state index is 0.106. The molecular formula is C16H21BrFNO. The molecular weight excluding hydrogens is 321 g/mol. The molecule has 20 heavy (non-hydrogen) atoms. The molecule has 2 unspecified atom stereocenters. The first-order valence-electron chi connectivity index (χ1n) is 7.37. The number of nitrogens with one attached hydrogen (secondary N) is 1. The van der Waals surface area contributed by atoms with Crippen LogP contribution in [0, 0.1) is 11.7 Å². The summed E-state index contributed by atoms with van der Waals surface area (Å²) in [7, 11) is 0. The van der Waals surface area contributed by atoms with E-state index in [1.54, 1.807) is 0 Å². The molecule has 0 bridgehead atoms. The molecule has 0 aromatic heterocycles. The van der Waals surface area contributed by atoms with E-state index in [0.717, 1.165) is 6.42 Å². The summed E-state index contributed by atoms with van der Waals surface area (Å²) in [5, 5.41) is 3.12. The van der Waals surface area contributed by atoms with Crippen molar-refractivity contribution in [3.63, 3.8) is 0 Å². The summed E-state index contributed by atoms with van der Waals surface area (Å²) >= 11 is 3.25. The summed E-state index contributed by atoms with van der Waals surface area (Å²) in [6.07, 6.45) is 7.04. The van der Waals surface area contributed by atoms with Gasteiger partial charge in [-0.1, -0.05) is 26.2 Å². The summed E-state index contributed by atoms with van der Waals surface area (Å²) < 4.78 is 13.6. The fraction of sp³-hybridized carbons (Fsp3) is 0.562. The molecule has 0 saturated heterocycles. The van der Waals surface area contributed by atoms with Crippen molar-refractivity contribution in [3.05, 3.63) is 34.1 Å². The molecule has 0 spiro atoms. The Balaban J connectivity index is 1.99. The number of unbranched alkanes of at least 4 members (excludes halogenated alkanes) is 1. The number of halogens is 2. The maximum Gasteiger partial charge on any atom is 0.252 e. The van der Waals surface area contributed by atoms with E-state index in [1.165, 1.54) is 50.3 Å². The molecule has 1 aliphatic carbocycles. The highest BCUT2D eigenvalue weighted by molar-refractivity contribution is 9.10. The van der Waals surface area contributed by atoms with Crippen LogP contribution in [0.25, 0.3) is 0 Å². The molecule has 2 nitrogen and oxygen atoms in total. The standard InChI is InChI=1S/C16H21BrFNO/c1-2-3-5-11-6-4-7-15(11)19-16(20)13-9-8-12(18)10-14(13)17/h8-11,15H,2-7H2,1H3,(H,19,20). The van der Waals surface area contributed by atoms with Crippen LogP contribution in [0.5, 0.6) is 0 Å². The van der Waals surface area contributed by atoms with Gasteiger partial charge in [0.2, 0.25) is 0 Å². The number of carbonyl (C=O) groups excluding carboxylic acids is 1. The third-order valence-electron chi connectivity index (χ3n) is 4.08. The summed E-state index contributed by atoms with van der Waals surface area (Å²) in [4.78, 5) is 12.3. The highest BCUT2D eigenvalue weighted by atomic mass is 79.9. The Hall–Kier alpha value is -0.900. The lowest BCUT2D eigenvalue weighted by Crippen LogP contribution is -2.37. The number of rotatable bonds is 5. The fourth-order valence-electron chi connectivity index (χ4n) is 2.96. The van der Waals surface area contributed by atoms with Crippen molar-refractivity contribution in [1.29, 1.82) is 0 Å². The lowest BCUT2D eigenvalue weighted by molar-refractivity contribution is 0.0925. The minimum Gasteiger partial charge on any atom is -0.349 e. The lowest BCUT2D eigenvalue weighted by Gasteiger charge is -2.21. The van der Waals surface area contributed by atoms with Crippen LogP contribution < -0.4 is 5.32 Å². The van der Waals surface area contributed by atoms with Crippen LogP contribution in [0.15, 0.2) is 22.7 Å². The van der Waals surface area contributed by atoms with Crippen LogP contribution in [0.1, 0.15) is 55.8 Å². The van der Waals surface area contributed by atoms with Gasteiger partial charge in [-0.3, -0.25) is 4.79 Å². The van der Waals surface area contributed by atoms with Crippen molar-refractivity contribution in [2.75, 3.05) is 0 Å². The average molecular weight is 342 g/mol. The molecule has 1 aromatic carbocycles. The lowest BCUT2D eigenvalue weighted by atomic mass is 9.96. The zero-order valence-electron chi connectivity index (χ0n) is 11.8. The van der Waals surface area contributed by atoms with Crippen LogP contribution in [-0.4, -0.2) is 11.9 Å². The van der Waals surface area contributed by atoms with Gasteiger partial charge < -0.3 is 5.32 Å². The van der Waals surface area contributed by atoms with Gasteiger partial charge in [0, 0.05) is 10.5 Å². The monoisotopic (exact) mass is 341 g/mol. The molecule has 1 aromatic rings. The Bertz CT molecular complexity index is 478. The Morgan fingerprint density at radius 3 is 2.95 bits per heavy atom. The molecule has 1 fully saturated rings. The van der Waals surface area contributed by atoms with Gasteiger partial charge in [0.1, 0.15) is 5.82 Å². The molecule has 4 heteroatoms. The number of hydrogen-bond donors (Lipinski definition) is 1. The molecule has 2 rings (SSSR count). The summed E-state index contributed by atoms with van der Waals surface area (Å²) in [6, 6.07) is 4.46. The molecule has 1 amide bonds. The highest BCUT2D eigenvalue weighted by Gasteiger charge is 2.28. The highest BCUT2D eigenvalue weighted by Crippen LogP contribution is 2.30. The average Bonchev–Trinajstić information content (AvgIpc) is 2.83. The summed E-state index contributed by atoms with van der Waals surface area (Å²) in [5.74, 6) is 0.151. The third kappa shape index (κ3) is 3.81. The van der Waals surface area contributed by atoms with Gasteiger partial charge in [-0.05, 0) is 59.3 Å². The molecule has 1 N–H and O–H groups in total. The zero-order chi connectivity index (χ0) is 14.5. The van der Waals surface area contributed by atoms with E-state index in [2.05, 4.69) is 28.2 Å². The van der Waals surface area contributed by atoms with Gasteiger partial charge in [-0.15, -0.1) is 0 Å². The van der Waals surface area contributed by atoms with Crippen molar-refractivity contribution < 1.29 is 9.18 Å². The predicted octanol–water partition coefficient (Wildman–Crippen LogP) is 4.68. The second-order valence-electron chi connectivity index (χ2n) is 5.54. The van der Waals surface area contributed by atoms with E-state index < -0.39 is 0 Å². The second kappa shape index (κ2) is 7.21. The van der Waals surface area contributed by atoms with Gasteiger partial charge in [0.05, 0.1) is 5.56 Å². The van der Waals surface area contributed by atoms with Crippen molar-refractivity contribution in [2.24, 2.45) is 5.92 Å². The molecule has 1 aliphatic rings. The van der Waals surface area contributed by atoms with Crippen LogP contribution in [0.3, 0.4) is 0 Å². The van der Waals surface area contributed by atoms with E-state index in [9.17, 15) is 9.18 Å². The van der Waals surface area contributed by atoms with Gasteiger partial charge in [0.25, 0.3) is 5.91 Å². The zero-order valence-corrected chi connectivity index (χ0v) is 13.4.